The first kappa shape index (κ1) is 23.5. The van der Waals surface area contributed by atoms with Crippen LogP contribution in [-0.4, -0.2) is 45.2 Å². The summed E-state index contributed by atoms with van der Waals surface area (Å²) in [6.45, 7) is 9.44. The van der Waals surface area contributed by atoms with E-state index in [9.17, 15) is 4.79 Å². The van der Waals surface area contributed by atoms with Gasteiger partial charge < -0.3 is 9.64 Å². The molecule has 1 N–H and O–H groups in total. The molecule has 0 aliphatic carbocycles. The van der Waals surface area contributed by atoms with Crippen LogP contribution in [0.2, 0.25) is 0 Å². The molecule has 34 heavy (non-hydrogen) atoms. The lowest BCUT2D eigenvalue weighted by atomic mass is 9.88. The third-order valence-electron chi connectivity index (χ3n) is 6.70. The number of benzene rings is 2. The van der Waals surface area contributed by atoms with Crippen LogP contribution in [0.4, 0.5) is 0 Å². The minimum Gasteiger partial charge on any atom is -0.459 e. The van der Waals surface area contributed by atoms with Crippen LogP contribution in [0.1, 0.15) is 71.6 Å². The van der Waals surface area contributed by atoms with Crippen LogP contribution in [0.5, 0.6) is 6.01 Å². The van der Waals surface area contributed by atoms with Crippen molar-refractivity contribution in [1.29, 1.82) is 5.26 Å². The molecule has 1 fully saturated rings. The number of aromatic amines is 1. The van der Waals surface area contributed by atoms with Crippen LogP contribution in [0.15, 0.2) is 36.4 Å². The predicted molar refractivity (Wildman–Crippen MR) is 131 cm³/mol. The van der Waals surface area contributed by atoms with Crippen LogP contribution in [0, 0.1) is 25.2 Å². The molecule has 3 aromatic rings. The van der Waals surface area contributed by atoms with Crippen LogP contribution < -0.4 is 4.74 Å². The van der Waals surface area contributed by atoms with Crippen LogP contribution in [0.3, 0.4) is 0 Å². The summed E-state index contributed by atoms with van der Waals surface area (Å²) >= 11 is 0. The monoisotopic (exact) mass is 457 g/mol. The predicted octanol–water partition coefficient (Wildman–Crippen LogP) is 5.16. The molecule has 0 spiro atoms. The summed E-state index contributed by atoms with van der Waals surface area (Å²) in [4.78, 5) is 19.9. The molecule has 4 rings (SSSR count). The lowest BCUT2D eigenvalue weighted by Crippen LogP contribution is -2.38. The van der Waals surface area contributed by atoms with Gasteiger partial charge in [-0.1, -0.05) is 25.1 Å². The lowest BCUT2D eigenvalue weighted by Gasteiger charge is -2.32. The molecule has 1 saturated heterocycles. The van der Waals surface area contributed by atoms with Crippen molar-refractivity contribution in [3.05, 3.63) is 64.2 Å². The van der Waals surface area contributed by atoms with Gasteiger partial charge in [-0.2, -0.15) is 10.2 Å². The number of likely N-dealkylation sites (tertiary alicyclic amines) is 1. The lowest BCUT2D eigenvalue weighted by molar-refractivity contribution is 0.0712. The number of nitrogens with zero attached hydrogens (tertiary/aromatic N) is 4. The fourth-order valence-electron chi connectivity index (χ4n) is 4.44. The molecule has 7 nitrogen and oxygen atoms in total. The molecule has 2 aromatic carbocycles. The van der Waals surface area contributed by atoms with Crippen molar-refractivity contribution in [1.82, 2.24) is 20.1 Å². The number of hydrogen-bond acceptors (Lipinski definition) is 5. The highest BCUT2D eigenvalue weighted by Gasteiger charge is 2.26. The second kappa shape index (κ2) is 10.1. The van der Waals surface area contributed by atoms with E-state index < -0.39 is 0 Å². The zero-order chi connectivity index (χ0) is 24.2. The largest absolute Gasteiger partial charge is 0.459 e. The zero-order valence-corrected chi connectivity index (χ0v) is 20.3. The molecule has 0 radical (unpaired) electrons. The molecule has 1 unspecified atom stereocenters. The minimum absolute atomic E-state index is 0.0344. The Bertz CT molecular complexity index is 1200. The first-order valence-corrected chi connectivity index (χ1v) is 11.9. The van der Waals surface area contributed by atoms with Crippen molar-refractivity contribution in [2.24, 2.45) is 0 Å². The fraction of sp³-hybridized carbons (Fsp3) is 0.407. The van der Waals surface area contributed by atoms with Crippen molar-refractivity contribution in [3.8, 4) is 23.5 Å². The number of nitrogens with one attached hydrogen (secondary N) is 1. The van der Waals surface area contributed by atoms with Gasteiger partial charge in [0.15, 0.2) is 5.82 Å². The number of piperidine rings is 1. The smallest absolute Gasteiger partial charge is 0.336 e. The van der Waals surface area contributed by atoms with Crippen LogP contribution in [0.25, 0.3) is 11.4 Å². The number of rotatable bonds is 6. The average molecular weight is 458 g/mol. The highest BCUT2D eigenvalue weighted by atomic mass is 16.5. The van der Waals surface area contributed by atoms with E-state index in [0.717, 1.165) is 36.0 Å². The number of H-pyrrole nitrogens is 1. The van der Waals surface area contributed by atoms with Crippen molar-refractivity contribution in [2.75, 3.05) is 13.1 Å². The Hall–Kier alpha value is -3.66. The number of aryl methyl sites for hydroxylation is 2. The highest BCUT2D eigenvalue weighted by Crippen LogP contribution is 2.31. The standard InChI is InChI=1S/C27H31N5O2/c1-5-19(4)34-27-29-25(30-31-27)23-15-24(18(3)14-17(23)2)26(33)32-12-10-22(11-13-32)21-8-6-20(16-28)7-9-21/h6-9,14-15,19,22H,5,10-13H2,1-4H3,(H,29,30,31). The van der Waals surface area contributed by atoms with Crippen molar-refractivity contribution in [2.45, 2.75) is 59.0 Å². The van der Waals surface area contributed by atoms with Crippen LogP contribution in [-0.2, 0) is 0 Å². The fourth-order valence-corrected chi connectivity index (χ4v) is 4.44. The number of ether oxygens (including phenoxy) is 1. The van der Waals surface area contributed by atoms with Gasteiger partial charge in [0.25, 0.3) is 5.91 Å². The second-order valence-electron chi connectivity index (χ2n) is 9.09. The maximum Gasteiger partial charge on any atom is 0.336 e. The van der Waals surface area contributed by atoms with Gasteiger partial charge in [-0.3, -0.25) is 9.89 Å². The molecular formula is C27H31N5O2. The third-order valence-corrected chi connectivity index (χ3v) is 6.70. The maximum absolute atomic E-state index is 13.5. The van der Waals surface area contributed by atoms with E-state index in [0.29, 0.717) is 42.0 Å². The molecule has 7 heteroatoms. The van der Waals surface area contributed by atoms with Crippen LogP contribution >= 0.6 is 0 Å². The molecule has 0 bridgehead atoms. The SMILES string of the molecule is CCC(C)Oc1n[nH]c(-c2cc(C(=O)N3CCC(c4ccc(C#N)cc4)CC3)c(C)cc2C)n1. The number of amides is 1. The van der Waals surface area contributed by atoms with Gasteiger partial charge in [0, 0.05) is 24.2 Å². The first-order chi connectivity index (χ1) is 16.4. The number of hydrogen-bond donors (Lipinski definition) is 1. The van der Waals surface area contributed by atoms with E-state index >= 15 is 0 Å². The molecular weight excluding hydrogens is 426 g/mol. The molecule has 1 amide bonds. The average Bonchev–Trinajstić information content (AvgIpc) is 3.31. The number of nitriles is 1. The second-order valence-corrected chi connectivity index (χ2v) is 9.09. The van der Waals surface area contributed by atoms with Gasteiger partial charge in [-0.05, 0) is 80.8 Å². The first-order valence-electron chi connectivity index (χ1n) is 11.9. The number of carbonyl (C=O) groups excluding carboxylic acids is 1. The Balaban J connectivity index is 1.49. The molecule has 176 valence electrons. The Kier molecular flexibility index (Phi) is 6.97. The van der Waals surface area contributed by atoms with Crippen molar-refractivity contribution >= 4 is 5.91 Å². The van der Waals surface area contributed by atoms with E-state index in [1.807, 2.05) is 69.0 Å². The Morgan fingerprint density at radius 3 is 2.56 bits per heavy atom. The summed E-state index contributed by atoms with van der Waals surface area (Å²) in [6, 6.07) is 14.2. The van der Waals surface area contributed by atoms with Gasteiger partial charge in [-0.15, -0.1) is 5.10 Å². The quantitative estimate of drug-likeness (QED) is 0.552. The normalized spacial score (nSPS) is 15.1. The molecule has 0 saturated carbocycles. The molecule has 2 heterocycles. The van der Waals surface area contributed by atoms with E-state index in [2.05, 4.69) is 21.3 Å². The zero-order valence-electron chi connectivity index (χ0n) is 20.3. The van der Waals surface area contributed by atoms with Gasteiger partial charge >= 0.3 is 6.01 Å². The van der Waals surface area contributed by atoms with E-state index in [-0.39, 0.29) is 12.0 Å². The summed E-state index contributed by atoms with van der Waals surface area (Å²) in [5, 5.41) is 16.2. The summed E-state index contributed by atoms with van der Waals surface area (Å²) in [5.41, 5.74) is 5.44. The number of aromatic nitrogens is 3. The Labute approximate surface area is 200 Å². The molecule has 1 aliphatic heterocycles. The van der Waals surface area contributed by atoms with Gasteiger partial charge in [0.1, 0.15) is 0 Å². The number of carbonyl (C=O) groups is 1. The van der Waals surface area contributed by atoms with Crippen molar-refractivity contribution < 1.29 is 9.53 Å². The summed E-state index contributed by atoms with van der Waals surface area (Å²) in [7, 11) is 0. The molecule has 1 atom stereocenters. The Morgan fingerprint density at radius 1 is 1.21 bits per heavy atom. The van der Waals surface area contributed by atoms with E-state index in [1.165, 1.54) is 5.56 Å². The van der Waals surface area contributed by atoms with Crippen molar-refractivity contribution in [3.63, 3.8) is 0 Å². The highest BCUT2D eigenvalue weighted by molar-refractivity contribution is 5.97. The third kappa shape index (κ3) is 4.96. The van der Waals surface area contributed by atoms with E-state index in [1.54, 1.807) is 0 Å². The van der Waals surface area contributed by atoms with Gasteiger partial charge in [0.05, 0.1) is 17.7 Å². The minimum atomic E-state index is 0.0344. The van der Waals surface area contributed by atoms with Gasteiger partial charge in [0.2, 0.25) is 0 Å². The summed E-state index contributed by atoms with van der Waals surface area (Å²) in [6.07, 6.45) is 2.72. The summed E-state index contributed by atoms with van der Waals surface area (Å²) < 4.78 is 5.72. The van der Waals surface area contributed by atoms with E-state index in [4.69, 9.17) is 10.00 Å². The Morgan fingerprint density at radius 2 is 1.91 bits per heavy atom. The molecule has 1 aliphatic rings. The maximum atomic E-state index is 13.5. The molecule has 1 aromatic heterocycles. The van der Waals surface area contributed by atoms with Gasteiger partial charge in [-0.25, -0.2) is 0 Å². The summed E-state index contributed by atoms with van der Waals surface area (Å²) in [5.74, 6) is 1.06. The topological polar surface area (TPSA) is 94.9 Å².